The van der Waals surface area contributed by atoms with Crippen LogP contribution in [0.15, 0.2) is 42.5 Å². The van der Waals surface area contributed by atoms with Crippen molar-refractivity contribution in [1.82, 2.24) is 4.90 Å². The molecule has 0 spiro atoms. The van der Waals surface area contributed by atoms with Crippen LogP contribution in [0.2, 0.25) is 5.02 Å². The van der Waals surface area contributed by atoms with Crippen LogP contribution in [0.25, 0.3) is 0 Å². The number of para-hydroxylation sites is 1. The summed E-state index contributed by atoms with van der Waals surface area (Å²) in [6, 6.07) is 14.0. The van der Waals surface area contributed by atoms with E-state index in [4.69, 9.17) is 21.1 Å². The van der Waals surface area contributed by atoms with Crippen LogP contribution in [-0.4, -0.2) is 30.7 Å². The van der Waals surface area contributed by atoms with Crippen LogP contribution >= 0.6 is 11.6 Å². The minimum absolute atomic E-state index is 0.135. The smallest absolute Gasteiger partial charge is 0.307 e. The molecule has 2 heterocycles. The van der Waals surface area contributed by atoms with Crippen molar-refractivity contribution in [2.24, 2.45) is 5.92 Å². The van der Waals surface area contributed by atoms with E-state index in [-0.39, 0.29) is 17.8 Å². The number of ether oxygens (including phenoxy) is 2. The highest BCUT2D eigenvalue weighted by Gasteiger charge is 2.40. The molecule has 1 fully saturated rings. The summed E-state index contributed by atoms with van der Waals surface area (Å²) in [6.45, 7) is 6.01. The molecule has 2 unspecified atom stereocenters. The molecular weight excluding hydrogens is 362 g/mol. The van der Waals surface area contributed by atoms with Crippen molar-refractivity contribution in [3.05, 3.63) is 58.6 Å². The Hall–Kier alpha value is -2.04. The van der Waals surface area contributed by atoms with E-state index in [1.54, 1.807) is 0 Å². The monoisotopic (exact) mass is 385 g/mol. The molecule has 0 aromatic heterocycles. The fraction of sp³-hybridized carbons (Fsp3) is 0.409. The van der Waals surface area contributed by atoms with E-state index in [1.165, 1.54) is 5.56 Å². The predicted molar refractivity (Wildman–Crippen MR) is 105 cm³/mol. The maximum Gasteiger partial charge on any atom is 0.307 e. The van der Waals surface area contributed by atoms with Gasteiger partial charge in [0.25, 0.3) is 0 Å². The lowest BCUT2D eigenvalue weighted by Gasteiger charge is -2.18. The van der Waals surface area contributed by atoms with E-state index in [9.17, 15) is 4.79 Å². The Labute approximate surface area is 165 Å². The predicted octanol–water partition coefficient (Wildman–Crippen LogP) is 5.18. The van der Waals surface area contributed by atoms with Crippen molar-refractivity contribution in [3.8, 4) is 11.5 Å². The molecule has 0 aliphatic carbocycles. The van der Waals surface area contributed by atoms with E-state index < -0.39 is 0 Å². The van der Waals surface area contributed by atoms with Crippen LogP contribution in [0, 0.1) is 5.92 Å². The third-order valence-corrected chi connectivity index (χ3v) is 5.52. The number of carbonyl (C=O) groups is 1. The lowest BCUT2D eigenvalue weighted by Crippen LogP contribution is -2.26. The Kier molecular flexibility index (Phi) is 5.11. The fourth-order valence-electron chi connectivity index (χ4n) is 4.08. The maximum atomic E-state index is 11.9. The topological polar surface area (TPSA) is 38.8 Å². The van der Waals surface area contributed by atoms with Gasteiger partial charge in [-0.25, -0.2) is 0 Å². The first-order valence-corrected chi connectivity index (χ1v) is 9.83. The molecule has 1 saturated heterocycles. The van der Waals surface area contributed by atoms with Gasteiger partial charge in [-0.3, -0.25) is 9.69 Å². The van der Waals surface area contributed by atoms with Gasteiger partial charge in [0.15, 0.2) is 0 Å². The summed E-state index contributed by atoms with van der Waals surface area (Å²) in [5, 5.41) is 0.712. The van der Waals surface area contributed by atoms with Crippen molar-refractivity contribution in [2.75, 3.05) is 19.8 Å². The Morgan fingerprint density at radius 3 is 2.63 bits per heavy atom. The lowest BCUT2D eigenvalue weighted by molar-refractivity contribution is -0.148. The van der Waals surface area contributed by atoms with E-state index in [2.05, 4.69) is 11.0 Å². The maximum absolute atomic E-state index is 11.9. The molecule has 0 bridgehead atoms. The van der Waals surface area contributed by atoms with Crippen molar-refractivity contribution >= 4 is 17.6 Å². The Balaban J connectivity index is 1.59. The number of fused-ring (bicyclic) bond motifs is 5. The summed E-state index contributed by atoms with van der Waals surface area (Å²) < 4.78 is 11.7. The number of esters is 1. The fourth-order valence-corrected chi connectivity index (χ4v) is 4.26. The van der Waals surface area contributed by atoms with Crippen molar-refractivity contribution in [2.45, 2.75) is 32.1 Å². The Morgan fingerprint density at radius 2 is 1.85 bits per heavy atom. The summed E-state index contributed by atoms with van der Waals surface area (Å²) in [4.78, 5) is 14.1. The summed E-state index contributed by atoms with van der Waals surface area (Å²) >= 11 is 6.28. The second-order valence-electron chi connectivity index (χ2n) is 7.81. The first-order valence-electron chi connectivity index (χ1n) is 9.45. The van der Waals surface area contributed by atoms with Crippen LogP contribution in [0.3, 0.4) is 0 Å². The Morgan fingerprint density at radius 1 is 1.15 bits per heavy atom. The summed E-state index contributed by atoms with van der Waals surface area (Å²) in [6.07, 6.45) is 0.454. The number of hydrogen-bond donors (Lipinski definition) is 0. The number of halogens is 1. The average Bonchev–Trinajstić information content (AvgIpc) is 3.00. The normalized spacial score (nSPS) is 21.0. The standard InChI is InChI=1S/C22H24ClNO3/c1-14(2)9-22(25)26-13-24-11-18-16-5-3-4-6-20(16)27-21-8-7-15(23)10-17(21)19(18)12-24/h3-8,10,14,18-19H,9,11-13H2,1-2H3. The SMILES string of the molecule is CC(C)CC(=O)OCN1CC2c3ccccc3Oc3ccc(Cl)cc3C2C1. The third-order valence-electron chi connectivity index (χ3n) is 5.29. The van der Waals surface area contributed by atoms with Gasteiger partial charge >= 0.3 is 5.97 Å². The Bertz CT molecular complexity index is 851. The van der Waals surface area contributed by atoms with Gasteiger partial charge in [-0.1, -0.05) is 43.6 Å². The molecule has 2 aromatic carbocycles. The quantitative estimate of drug-likeness (QED) is 0.680. The summed E-state index contributed by atoms with van der Waals surface area (Å²) in [7, 11) is 0. The van der Waals surface area contributed by atoms with Crippen LogP contribution in [0.4, 0.5) is 0 Å². The molecule has 2 aliphatic rings. The number of hydrogen-bond acceptors (Lipinski definition) is 4. The summed E-state index contributed by atoms with van der Waals surface area (Å²) in [5.74, 6) is 2.46. The summed E-state index contributed by atoms with van der Waals surface area (Å²) in [5.41, 5.74) is 2.32. The largest absolute Gasteiger partial charge is 0.457 e. The van der Waals surface area contributed by atoms with Gasteiger partial charge in [0, 0.05) is 41.9 Å². The van der Waals surface area contributed by atoms with Gasteiger partial charge in [-0.2, -0.15) is 0 Å². The van der Waals surface area contributed by atoms with E-state index >= 15 is 0 Å². The number of carbonyl (C=O) groups excluding carboxylic acids is 1. The van der Waals surface area contributed by atoms with E-state index in [0.29, 0.717) is 24.1 Å². The molecule has 2 aliphatic heterocycles. The molecule has 2 atom stereocenters. The zero-order valence-corrected chi connectivity index (χ0v) is 16.4. The first kappa shape index (κ1) is 18.3. The zero-order valence-electron chi connectivity index (χ0n) is 15.7. The van der Waals surface area contributed by atoms with Crippen LogP contribution in [0.5, 0.6) is 11.5 Å². The minimum Gasteiger partial charge on any atom is -0.457 e. The van der Waals surface area contributed by atoms with E-state index in [1.807, 2.05) is 50.2 Å². The minimum atomic E-state index is -0.135. The lowest BCUT2D eigenvalue weighted by atomic mass is 9.84. The third kappa shape index (κ3) is 3.83. The van der Waals surface area contributed by atoms with Gasteiger partial charge in [-0.15, -0.1) is 0 Å². The molecule has 0 N–H and O–H groups in total. The molecule has 5 heteroatoms. The van der Waals surface area contributed by atoms with Gasteiger partial charge in [0.1, 0.15) is 18.2 Å². The highest BCUT2D eigenvalue weighted by molar-refractivity contribution is 6.30. The number of benzene rings is 2. The molecule has 0 amide bonds. The van der Waals surface area contributed by atoms with Crippen molar-refractivity contribution < 1.29 is 14.3 Å². The number of nitrogens with zero attached hydrogens (tertiary/aromatic N) is 1. The highest BCUT2D eigenvalue weighted by Crippen LogP contribution is 2.50. The molecule has 0 saturated carbocycles. The number of likely N-dealkylation sites (tertiary alicyclic amines) is 1. The van der Waals surface area contributed by atoms with E-state index in [0.717, 1.165) is 30.2 Å². The molecular formula is C22H24ClNO3. The molecule has 4 nitrogen and oxygen atoms in total. The molecule has 27 heavy (non-hydrogen) atoms. The van der Waals surface area contributed by atoms with Crippen molar-refractivity contribution in [1.29, 1.82) is 0 Å². The van der Waals surface area contributed by atoms with Crippen LogP contribution in [-0.2, 0) is 9.53 Å². The molecule has 2 aromatic rings. The van der Waals surface area contributed by atoms with Gasteiger partial charge < -0.3 is 9.47 Å². The van der Waals surface area contributed by atoms with Gasteiger partial charge in [0.2, 0.25) is 0 Å². The van der Waals surface area contributed by atoms with Crippen LogP contribution in [0.1, 0.15) is 43.2 Å². The average molecular weight is 386 g/mol. The molecule has 4 rings (SSSR count). The number of rotatable bonds is 4. The van der Waals surface area contributed by atoms with Crippen molar-refractivity contribution in [3.63, 3.8) is 0 Å². The first-order chi connectivity index (χ1) is 13.0. The highest BCUT2D eigenvalue weighted by atomic mass is 35.5. The second-order valence-corrected chi connectivity index (χ2v) is 8.25. The second kappa shape index (κ2) is 7.53. The van der Waals surface area contributed by atoms with Gasteiger partial charge in [0.05, 0.1) is 0 Å². The molecule has 0 radical (unpaired) electrons. The van der Waals surface area contributed by atoms with Gasteiger partial charge in [-0.05, 0) is 35.7 Å². The van der Waals surface area contributed by atoms with Crippen LogP contribution < -0.4 is 4.74 Å². The zero-order chi connectivity index (χ0) is 19.0. The molecule has 142 valence electrons.